The van der Waals surface area contributed by atoms with Crippen molar-refractivity contribution in [2.24, 2.45) is 5.92 Å². The van der Waals surface area contributed by atoms with Crippen LogP contribution >= 0.6 is 27.5 Å². The van der Waals surface area contributed by atoms with E-state index in [9.17, 15) is 9.65 Å². The number of hydrogen-bond donors (Lipinski definition) is 3. The lowest BCUT2D eigenvalue weighted by atomic mass is 10.1. The Bertz CT molecular complexity index is 1430. The molecule has 4 aromatic rings. The van der Waals surface area contributed by atoms with Crippen molar-refractivity contribution < 1.29 is 4.39 Å². The van der Waals surface area contributed by atoms with E-state index in [1.807, 2.05) is 25.3 Å². The summed E-state index contributed by atoms with van der Waals surface area (Å²) in [4.78, 5) is 4.42. The monoisotopic (exact) mass is 554 g/mol. The van der Waals surface area contributed by atoms with E-state index in [0.29, 0.717) is 40.9 Å². The molecule has 2 heterocycles. The Morgan fingerprint density at radius 1 is 1.31 bits per heavy atom. The molecule has 0 aliphatic heterocycles. The number of nitrogens with zero attached hydrogens (tertiary/aromatic N) is 5. The van der Waals surface area contributed by atoms with Crippen LogP contribution in [-0.4, -0.2) is 26.2 Å². The van der Waals surface area contributed by atoms with Gasteiger partial charge in [-0.1, -0.05) is 23.7 Å². The van der Waals surface area contributed by atoms with Gasteiger partial charge in [-0.25, -0.2) is 4.39 Å². The van der Waals surface area contributed by atoms with Gasteiger partial charge in [0.15, 0.2) is 0 Å². The molecule has 8 nitrogen and oxygen atoms in total. The third-order valence-electron chi connectivity index (χ3n) is 5.48. The van der Waals surface area contributed by atoms with Gasteiger partial charge in [0, 0.05) is 39.6 Å². The zero-order chi connectivity index (χ0) is 24.9. The maximum atomic E-state index is 13.6. The standard InChI is InChI=1S/C24H21BrClFN8/c1-2-14(8-28)12-35-13-18(33-34-35)11-30-17-5-19-23(32-16-3-4-22(27)21(26)7-16)15(9-29)10-31-24(19)20(25)6-17/h3-8,10,13-14,28,30H,2,11-12H2,1H3,(H,31,32). The van der Waals surface area contributed by atoms with Crippen molar-refractivity contribution in [1.29, 1.82) is 10.7 Å². The quantitative estimate of drug-likeness (QED) is 0.209. The fraction of sp³-hybridized carbons (Fsp3) is 0.208. The summed E-state index contributed by atoms with van der Waals surface area (Å²) in [5.41, 5.74) is 3.61. The van der Waals surface area contributed by atoms with E-state index in [1.165, 1.54) is 24.5 Å². The van der Waals surface area contributed by atoms with Crippen molar-refractivity contribution in [3.63, 3.8) is 0 Å². The average molecular weight is 556 g/mol. The molecule has 1 unspecified atom stereocenters. The summed E-state index contributed by atoms with van der Waals surface area (Å²) in [7, 11) is 0. The predicted octanol–water partition coefficient (Wildman–Crippen LogP) is 6.28. The predicted molar refractivity (Wildman–Crippen MR) is 139 cm³/mol. The van der Waals surface area contributed by atoms with Crippen molar-refractivity contribution in [1.82, 2.24) is 20.0 Å². The van der Waals surface area contributed by atoms with Gasteiger partial charge < -0.3 is 16.0 Å². The van der Waals surface area contributed by atoms with Crippen LogP contribution in [0.4, 0.5) is 21.5 Å². The van der Waals surface area contributed by atoms with E-state index in [-0.39, 0.29) is 10.9 Å². The molecule has 2 aromatic carbocycles. The van der Waals surface area contributed by atoms with E-state index < -0.39 is 5.82 Å². The number of nitriles is 1. The van der Waals surface area contributed by atoms with Crippen molar-refractivity contribution in [3.05, 3.63) is 69.3 Å². The molecule has 0 saturated heterocycles. The minimum Gasteiger partial charge on any atom is -0.379 e. The second-order valence-corrected chi connectivity index (χ2v) is 9.15. The zero-order valence-corrected chi connectivity index (χ0v) is 21.0. The fourth-order valence-electron chi connectivity index (χ4n) is 3.54. The summed E-state index contributed by atoms with van der Waals surface area (Å²) in [6.45, 7) is 3.08. The lowest BCUT2D eigenvalue weighted by molar-refractivity contribution is 0.494. The van der Waals surface area contributed by atoms with E-state index in [2.05, 4.69) is 47.9 Å². The lowest BCUT2D eigenvalue weighted by Crippen LogP contribution is -2.11. The molecule has 0 bridgehead atoms. The summed E-state index contributed by atoms with van der Waals surface area (Å²) < 4.78 is 16.1. The van der Waals surface area contributed by atoms with E-state index in [0.717, 1.165) is 22.3 Å². The topological polar surface area (TPSA) is 115 Å². The Balaban J connectivity index is 1.62. The van der Waals surface area contributed by atoms with Crippen LogP contribution in [0.15, 0.2) is 47.2 Å². The Morgan fingerprint density at radius 2 is 2.14 bits per heavy atom. The number of halogens is 3. The Hall–Kier alpha value is -3.55. The van der Waals surface area contributed by atoms with Crippen molar-refractivity contribution in [3.8, 4) is 6.07 Å². The summed E-state index contributed by atoms with van der Waals surface area (Å²) >= 11 is 9.51. The van der Waals surface area contributed by atoms with E-state index in [1.54, 1.807) is 10.7 Å². The summed E-state index contributed by atoms with van der Waals surface area (Å²) in [5, 5.41) is 32.7. The van der Waals surface area contributed by atoms with Gasteiger partial charge in [0.05, 0.1) is 41.1 Å². The molecule has 0 amide bonds. The first-order valence-corrected chi connectivity index (χ1v) is 12.0. The minimum atomic E-state index is -0.522. The van der Waals surface area contributed by atoms with Crippen LogP contribution in [0.3, 0.4) is 0 Å². The van der Waals surface area contributed by atoms with Crippen molar-refractivity contribution >= 4 is 61.7 Å². The van der Waals surface area contributed by atoms with Crippen LogP contribution in [0, 0.1) is 28.5 Å². The lowest BCUT2D eigenvalue weighted by Gasteiger charge is -2.14. The van der Waals surface area contributed by atoms with Gasteiger partial charge in [-0.2, -0.15) is 5.26 Å². The first-order valence-electron chi connectivity index (χ1n) is 10.8. The highest BCUT2D eigenvalue weighted by atomic mass is 79.9. The number of aromatic nitrogens is 4. The van der Waals surface area contributed by atoms with Crippen LogP contribution in [0.5, 0.6) is 0 Å². The molecular weight excluding hydrogens is 535 g/mol. The van der Waals surface area contributed by atoms with Crippen LogP contribution < -0.4 is 10.6 Å². The zero-order valence-electron chi connectivity index (χ0n) is 18.7. The van der Waals surface area contributed by atoms with Gasteiger partial charge in [0.25, 0.3) is 0 Å². The summed E-state index contributed by atoms with van der Waals surface area (Å²) in [6.07, 6.45) is 5.64. The number of hydrogen-bond acceptors (Lipinski definition) is 7. The van der Waals surface area contributed by atoms with Crippen LogP contribution in [0.25, 0.3) is 10.9 Å². The van der Waals surface area contributed by atoms with Crippen LogP contribution in [0.1, 0.15) is 24.6 Å². The maximum absolute atomic E-state index is 13.6. The number of benzene rings is 2. The summed E-state index contributed by atoms with van der Waals surface area (Å²) in [6, 6.07) is 10.2. The Morgan fingerprint density at radius 3 is 2.86 bits per heavy atom. The molecular formula is C24H21BrClFN8. The first-order chi connectivity index (χ1) is 16.9. The highest BCUT2D eigenvalue weighted by molar-refractivity contribution is 9.10. The molecule has 0 saturated carbocycles. The smallest absolute Gasteiger partial charge is 0.141 e. The van der Waals surface area contributed by atoms with Gasteiger partial charge >= 0.3 is 0 Å². The number of fused-ring (bicyclic) bond motifs is 1. The molecule has 0 aliphatic rings. The molecule has 1 atom stereocenters. The molecule has 178 valence electrons. The number of anilines is 3. The van der Waals surface area contributed by atoms with Gasteiger partial charge in [-0.3, -0.25) is 9.67 Å². The highest BCUT2D eigenvalue weighted by Crippen LogP contribution is 2.35. The summed E-state index contributed by atoms with van der Waals surface area (Å²) in [5.74, 6) is -0.399. The minimum absolute atomic E-state index is 0.0191. The molecule has 0 spiro atoms. The van der Waals surface area contributed by atoms with Gasteiger partial charge in [0.2, 0.25) is 0 Å². The van der Waals surface area contributed by atoms with Crippen LogP contribution in [0.2, 0.25) is 5.02 Å². The van der Waals surface area contributed by atoms with Crippen molar-refractivity contribution in [2.45, 2.75) is 26.4 Å². The maximum Gasteiger partial charge on any atom is 0.141 e. The van der Waals surface area contributed by atoms with Gasteiger partial charge in [-0.05, 0) is 52.7 Å². The van der Waals surface area contributed by atoms with Crippen molar-refractivity contribution in [2.75, 3.05) is 10.6 Å². The molecule has 0 aliphatic carbocycles. The largest absolute Gasteiger partial charge is 0.379 e. The Labute approximate surface area is 214 Å². The highest BCUT2D eigenvalue weighted by Gasteiger charge is 2.14. The van der Waals surface area contributed by atoms with E-state index >= 15 is 0 Å². The molecule has 2 aromatic heterocycles. The van der Waals surface area contributed by atoms with Gasteiger partial charge in [-0.15, -0.1) is 5.10 Å². The second-order valence-electron chi connectivity index (χ2n) is 7.89. The van der Waals surface area contributed by atoms with Crippen LogP contribution in [-0.2, 0) is 13.1 Å². The third kappa shape index (κ3) is 5.58. The second kappa shape index (κ2) is 10.8. The molecule has 0 radical (unpaired) electrons. The Kier molecular flexibility index (Phi) is 7.58. The SMILES string of the molecule is CCC(C=N)Cn1cc(CNc2cc(Br)c3ncc(C#N)c(Nc4ccc(F)c(Cl)c4)c3c2)nn1. The molecule has 3 N–H and O–H groups in total. The molecule has 11 heteroatoms. The number of nitrogens with one attached hydrogen (secondary N) is 3. The molecule has 4 rings (SSSR count). The van der Waals surface area contributed by atoms with E-state index in [4.69, 9.17) is 17.0 Å². The third-order valence-corrected chi connectivity index (χ3v) is 6.37. The number of rotatable bonds is 9. The van der Waals surface area contributed by atoms with Gasteiger partial charge in [0.1, 0.15) is 17.6 Å². The average Bonchev–Trinajstić information content (AvgIpc) is 3.31. The molecule has 35 heavy (non-hydrogen) atoms. The molecule has 0 fully saturated rings. The first kappa shape index (κ1) is 24.6. The fourth-order valence-corrected chi connectivity index (χ4v) is 4.28. The number of pyridine rings is 1. The normalized spacial score (nSPS) is 11.7.